The van der Waals surface area contributed by atoms with Crippen LogP contribution in [0.4, 0.5) is 0 Å². The Morgan fingerprint density at radius 1 is 1.40 bits per heavy atom. The van der Waals surface area contributed by atoms with E-state index in [4.69, 9.17) is 15.2 Å². The number of nitrogens with zero attached hydrogens (tertiary/aromatic N) is 1. The van der Waals surface area contributed by atoms with Crippen LogP contribution in [-0.4, -0.2) is 31.3 Å². The van der Waals surface area contributed by atoms with Crippen molar-refractivity contribution >= 4 is 0 Å². The predicted molar refractivity (Wildman–Crippen MR) is 58.5 cm³/mol. The molecule has 1 heterocycles. The van der Waals surface area contributed by atoms with Crippen LogP contribution in [0.15, 0.2) is 24.4 Å². The fourth-order valence-corrected chi connectivity index (χ4v) is 1.31. The minimum Gasteiger partial charge on any atom is -0.382 e. The molecule has 0 aromatic carbocycles. The molecule has 0 aliphatic heterocycles. The summed E-state index contributed by atoms with van der Waals surface area (Å²) in [5.41, 5.74) is 6.71. The minimum atomic E-state index is -0.165. The highest BCUT2D eigenvalue weighted by atomic mass is 16.5. The van der Waals surface area contributed by atoms with Crippen molar-refractivity contribution in [1.82, 2.24) is 4.98 Å². The van der Waals surface area contributed by atoms with Gasteiger partial charge in [-0.05, 0) is 19.1 Å². The van der Waals surface area contributed by atoms with Crippen molar-refractivity contribution < 1.29 is 9.47 Å². The average molecular weight is 210 g/mol. The molecule has 0 saturated carbocycles. The van der Waals surface area contributed by atoms with Gasteiger partial charge in [0, 0.05) is 19.3 Å². The molecule has 0 amide bonds. The van der Waals surface area contributed by atoms with E-state index in [0.29, 0.717) is 13.2 Å². The largest absolute Gasteiger partial charge is 0.382 e. The van der Waals surface area contributed by atoms with E-state index in [0.717, 1.165) is 5.69 Å². The molecule has 2 atom stereocenters. The van der Waals surface area contributed by atoms with Gasteiger partial charge in [-0.15, -0.1) is 0 Å². The monoisotopic (exact) mass is 210 g/mol. The Labute approximate surface area is 90.4 Å². The molecule has 0 aliphatic carbocycles. The standard InChI is InChI=1S/C11H18N2O2/c1-9(12)11(15-8-7-14-2)10-5-3-4-6-13-10/h3-6,9,11H,7-8,12H2,1-2H3. The molecule has 0 bridgehead atoms. The molecule has 15 heavy (non-hydrogen) atoms. The smallest absolute Gasteiger partial charge is 0.114 e. The van der Waals surface area contributed by atoms with Crippen molar-refractivity contribution in [2.75, 3.05) is 20.3 Å². The maximum absolute atomic E-state index is 5.85. The lowest BCUT2D eigenvalue weighted by Crippen LogP contribution is -2.28. The Hall–Kier alpha value is -0.970. The molecule has 0 radical (unpaired) electrons. The van der Waals surface area contributed by atoms with E-state index in [2.05, 4.69) is 4.98 Å². The molecule has 0 spiro atoms. The predicted octanol–water partition coefficient (Wildman–Crippen LogP) is 1.13. The van der Waals surface area contributed by atoms with Crippen LogP contribution < -0.4 is 5.73 Å². The van der Waals surface area contributed by atoms with Crippen molar-refractivity contribution in [2.45, 2.75) is 19.1 Å². The van der Waals surface area contributed by atoms with Gasteiger partial charge in [0.05, 0.1) is 18.9 Å². The maximum Gasteiger partial charge on any atom is 0.114 e. The summed E-state index contributed by atoms with van der Waals surface area (Å²) < 4.78 is 10.5. The summed E-state index contributed by atoms with van der Waals surface area (Å²) in [4.78, 5) is 4.23. The molecule has 2 unspecified atom stereocenters. The van der Waals surface area contributed by atoms with Gasteiger partial charge in [0.15, 0.2) is 0 Å². The Balaban J connectivity index is 2.58. The topological polar surface area (TPSA) is 57.4 Å². The second kappa shape index (κ2) is 6.50. The van der Waals surface area contributed by atoms with E-state index >= 15 is 0 Å². The van der Waals surface area contributed by atoms with Crippen molar-refractivity contribution in [1.29, 1.82) is 0 Å². The highest BCUT2D eigenvalue weighted by Gasteiger charge is 2.17. The van der Waals surface area contributed by atoms with Crippen molar-refractivity contribution in [2.24, 2.45) is 5.73 Å². The average Bonchev–Trinajstić information content (AvgIpc) is 2.25. The lowest BCUT2D eigenvalue weighted by Gasteiger charge is -2.20. The van der Waals surface area contributed by atoms with Crippen LogP contribution in [0, 0.1) is 0 Å². The maximum atomic E-state index is 5.85. The molecule has 1 aromatic rings. The lowest BCUT2D eigenvalue weighted by atomic mass is 10.1. The number of pyridine rings is 1. The van der Waals surface area contributed by atoms with E-state index in [1.807, 2.05) is 25.1 Å². The molecule has 0 fully saturated rings. The van der Waals surface area contributed by atoms with Gasteiger partial charge >= 0.3 is 0 Å². The fourth-order valence-electron chi connectivity index (χ4n) is 1.31. The van der Waals surface area contributed by atoms with Crippen LogP contribution >= 0.6 is 0 Å². The summed E-state index contributed by atoms with van der Waals surface area (Å²) in [5, 5.41) is 0. The molecule has 0 saturated heterocycles. The first kappa shape index (κ1) is 12.1. The first-order chi connectivity index (χ1) is 7.25. The zero-order chi connectivity index (χ0) is 11.1. The number of methoxy groups -OCH3 is 1. The Bertz CT molecular complexity index is 265. The molecule has 1 rings (SSSR count). The first-order valence-electron chi connectivity index (χ1n) is 5.02. The highest BCUT2D eigenvalue weighted by Crippen LogP contribution is 2.17. The van der Waals surface area contributed by atoms with E-state index in [9.17, 15) is 0 Å². The zero-order valence-electron chi connectivity index (χ0n) is 9.22. The quantitative estimate of drug-likeness (QED) is 0.715. The van der Waals surface area contributed by atoms with E-state index < -0.39 is 0 Å². The number of ether oxygens (including phenoxy) is 2. The van der Waals surface area contributed by atoms with Gasteiger partial charge in [-0.1, -0.05) is 6.07 Å². The van der Waals surface area contributed by atoms with Gasteiger partial charge in [-0.3, -0.25) is 4.98 Å². The van der Waals surface area contributed by atoms with E-state index in [-0.39, 0.29) is 12.1 Å². The molecule has 1 aromatic heterocycles. The van der Waals surface area contributed by atoms with Crippen molar-refractivity contribution in [3.05, 3.63) is 30.1 Å². The SMILES string of the molecule is COCCOC(c1ccccn1)C(C)N. The number of hydrogen-bond donors (Lipinski definition) is 1. The molecule has 84 valence electrons. The Morgan fingerprint density at radius 2 is 2.20 bits per heavy atom. The second-order valence-electron chi connectivity index (χ2n) is 3.40. The number of aromatic nitrogens is 1. The summed E-state index contributed by atoms with van der Waals surface area (Å²) in [7, 11) is 1.64. The third-order valence-electron chi connectivity index (χ3n) is 2.04. The van der Waals surface area contributed by atoms with Gasteiger partial charge in [-0.25, -0.2) is 0 Å². The van der Waals surface area contributed by atoms with Gasteiger partial charge in [0.2, 0.25) is 0 Å². The molecule has 2 N–H and O–H groups in total. The summed E-state index contributed by atoms with van der Waals surface area (Å²) >= 11 is 0. The number of nitrogens with two attached hydrogens (primary N) is 1. The summed E-state index contributed by atoms with van der Waals surface area (Å²) in [5.74, 6) is 0. The summed E-state index contributed by atoms with van der Waals surface area (Å²) in [6.07, 6.45) is 1.58. The summed E-state index contributed by atoms with van der Waals surface area (Å²) in [6.45, 7) is 3.00. The van der Waals surface area contributed by atoms with Gasteiger partial charge in [0.25, 0.3) is 0 Å². The van der Waals surface area contributed by atoms with Crippen LogP contribution in [0.3, 0.4) is 0 Å². The molecule has 0 aliphatic rings. The minimum absolute atomic E-state index is 0.0863. The first-order valence-corrected chi connectivity index (χ1v) is 5.02. The van der Waals surface area contributed by atoms with Gasteiger partial charge in [-0.2, -0.15) is 0 Å². The second-order valence-corrected chi connectivity index (χ2v) is 3.40. The van der Waals surface area contributed by atoms with Crippen LogP contribution in [0.25, 0.3) is 0 Å². The molecule has 4 heteroatoms. The zero-order valence-corrected chi connectivity index (χ0v) is 9.22. The molecular formula is C11H18N2O2. The fraction of sp³-hybridized carbons (Fsp3) is 0.545. The normalized spacial score (nSPS) is 14.9. The van der Waals surface area contributed by atoms with E-state index in [1.54, 1.807) is 13.3 Å². The molecular weight excluding hydrogens is 192 g/mol. The molecule has 4 nitrogen and oxygen atoms in total. The lowest BCUT2D eigenvalue weighted by molar-refractivity contribution is 0.00407. The number of hydrogen-bond acceptors (Lipinski definition) is 4. The Kier molecular flexibility index (Phi) is 5.25. The van der Waals surface area contributed by atoms with E-state index in [1.165, 1.54) is 0 Å². The third-order valence-corrected chi connectivity index (χ3v) is 2.04. The van der Waals surface area contributed by atoms with Crippen molar-refractivity contribution in [3.63, 3.8) is 0 Å². The Morgan fingerprint density at radius 3 is 2.73 bits per heavy atom. The van der Waals surface area contributed by atoms with Crippen LogP contribution in [-0.2, 0) is 9.47 Å². The number of rotatable bonds is 6. The van der Waals surface area contributed by atoms with Crippen LogP contribution in [0.2, 0.25) is 0 Å². The summed E-state index contributed by atoms with van der Waals surface area (Å²) in [6, 6.07) is 5.63. The van der Waals surface area contributed by atoms with Crippen molar-refractivity contribution in [3.8, 4) is 0 Å². The highest BCUT2D eigenvalue weighted by molar-refractivity contribution is 5.08. The van der Waals surface area contributed by atoms with Gasteiger partial charge < -0.3 is 15.2 Å². The van der Waals surface area contributed by atoms with Crippen LogP contribution in [0.1, 0.15) is 18.7 Å². The van der Waals surface area contributed by atoms with Crippen LogP contribution in [0.5, 0.6) is 0 Å². The third kappa shape index (κ3) is 3.95. The van der Waals surface area contributed by atoms with Gasteiger partial charge in [0.1, 0.15) is 6.10 Å².